The van der Waals surface area contributed by atoms with Crippen molar-refractivity contribution in [3.05, 3.63) is 46.7 Å². The van der Waals surface area contributed by atoms with E-state index in [2.05, 4.69) is 15.3 Å². The van der Waals surface area contributed by atoms with Gasteiger partial charge >= 0.3 is 6.18 Å². The smallest absolute Gasteiger partial charge is 0.369 e. The molecule has 0 unspecified atom stereocenters. The van der Waals surface area contributed by atoms with Crippen LogP contribution in [0, 0.1) is 11.3 Å². The van der Waals surface area contributed by atoms with Crippen molar-refractivity contribution in [2.24, 2.45) is 0 Å². The highest BCUT2D eigenvalue weighted by molar-refractivity contribution is 7.99. The SMILES string of the molecule is N#Cc1ccc(NCCSc2ncc(C(F)(F)F)cc2Cl)nc1. The Balaban J connectivity index is 1.85. The first-order valence-corrected chi connectivity index (χ1v) is 7.72. The van der Waals surface area contributed by atoms with Gasteiger partial charge in [0.15, 0.2) is 0 Å². The van der Waals surface area contributed by atoms with Crippen molar-refractivity contribution >= 4 is 29.2 Å². The van der Waals surface area contributed by atoms with Crippen LogP contribution >= 0.6 is 23.4 Å². The Morgan fingerprint density at radius 3 is 2.61 bits per heavy atom. The molecule has 2 aromatic heterocycles. The first-order chi connectivity index (χ1) is 10.9. The predicted molar refractivity (Wildman–Crippen MR) is 82.4 cm³/mol. The number of nitrogens with zero attached hydrogens (tertiary/aromatic N) is 3. The van der Waals surface area contributed by atoms with E-state index in [1.807, 2.05) is 6.07 Å². The van der Waals surface area contributed by atoms with Gasteiger partial charge in [0, 0.05) is 24.7 Å². The number of halogens is 4. The van der Waals surface area contributed by atoms with Crippen LogP contribution in [-0.2, 0) is 6.18 Å². The lowest BCUT2D eigenvalue weighted by Gasteiger charge is -2.09. The molecule has 120 valence electrons. The highest BCUT2D eigenvalue weighted by Crippen LogP contribution is 2.33. The van der Waals surface area contributed by atoms with E-state index in [0.717, 1.165) is 12.3 Å². The van der Waals surface area contributed by atoms with Gasteiger partial charge in [-0.05, 0) is 18.2 Å². The van der Waals surface area contributed by atoms with Crippen LogP contribution < -0.4 is 5.32 Å². The Labute approximate surface area is 139 Å². The highest BCUT2D eigenvalue weighted by atomic mass is 35.5. The van der Waals surface area contributed by atoms with Gasteiger partial charge in [-0.25, -0.2) is 9.97 Å². The van der Waals surface area contributed by atoms with Gasteiger partial charge in [-0.2, -0.15) is 18.4 Å². The summed E-state index contributed by atoms with van der Waals surface area (Å²) in [6.07, 6.45) is -2.24. The molecule has 0 saturated heterocycles. The highest BCUT2D eigenvalue weighted by Gasteiger charge is 2.31. The Kier molecular flexibility index (Phi) is 5.69. The molecule has 0 radical (unpaired) electrons. The molecule has 23 heavy (non-hydrogen) atoms. The monoisotopic (exact) mass is 358 g/mol. The number of hydrogen-bond donors (Lipinski definition) is 1. The molecule has 0 aliphatic rings. The van der Waals surface area contributed by atoms with Crippen LogP contribution in [0.3, 0.4) is 0 Å². The molecule has 0 fully saturated rings. The van der Waals surface area contributed by atoms with Gasteiger partial charge in [0.25, 0.3) is 0 Å². The van der Waals surface area contributed by atoms with E-state index in [1.165, 1.54) is 18.0 Å². The summed E-state index contributed by atoms with van der Waals surface area (Å²) in [5.74, 6) is 1.15. The van der Waals surface area contributed by atoms with Crippen molar-refractivity contribution in [3.63, 3.8) is 0 Å². The molecule has 2 rings (SSSR count). The number of nitriles is 1. The Morgan fingerprint density at radius 1 is 1.26 bits per heavy atom. The van der Waals surface area contributed by atoms with E-state index in [9.17, 15) is 13.2 Å². The summed E-state index contributed by atoms with van der Waals surface area (Å²) in [5, 5.41) is 12.0. The van der Waals surface area contributed by atoms with Crippen molar-refractivity contribution in [1.29, 1.82) is 5.26 Å². The molecular formula is C14H10ClF3N4S. The van der Waals surface area contributed by atoms with Crippen LogP contribution in [0.15, 0.2) is 35.6 Å². The fourth-order valence-electron chi connectivity index (χ4n) is 1.58. The predicted octanol–water partition coefficient (Wildman–Crippen LogP) is 4.22. The number of rotatable bonds is 5. The normalized spacial score (nSPS) is 11.1. The summed E-state index contributed by atoms with van der Waals surface area (Å²) in [5.41, 5.74) is -0.405. The Bertz CT molecular complexity index is 713. The molecule has 0 bridgehead atoms. The number of anilines is 1. The zero-order chi connectivity index (χ0) is 16.9. The maximum Gasteiger partial charge on any atom is 0.417 e. The number of nitrogens with one attached hydrogen (secondary N) is 1. The minimum Gasteiger partial charge on any atom is -0.369 e. The molecule has 0 aliphatic heterocycles. The summed E-state index contributed by atoms with van der Waals surface area (Å²) in [6, 6.07) is 6.14. The standard InChI is InChI=1S/C14H10ClF3N4S/c15-11-5-10(14(16,17)18)8-22-13(11)23-4-3-20-12-2-1-9(6-19)7-21-12/h1-2,5,7-8H,3-4H2,(H,20,21). The summed E-state index contributed by atoms with van der Waals surface area (Å²) < 4.78 is 37.5. The van der Waals surface area contributed by atoms with Crippen LogP contribution in [0.4, 0.5) is 19.0 Å². The van der Waals surface area contributed by atoms with Crippen molar-refractivity contribution in [1.82, 2.24) is 9.97 Å². The molecule has 0 atom stereocenters. The van der Waals surface area contributed by atoms with Crippen LogP contribution in [0.2, 0.25) is 5.02 Å². The molecule has 0 amide bonds. The van der Waals surface area contributed by atoms with E-state index in [4.69, 9.17) is 16.9 Å². The third kappa shape index (κ3) is 5.01. The number of alkyl halides is 3. The molecule has 2 heterocycles. The average molecular weight is 359 g/mol. The van der Waals surface area contributed by atoms with Gasteiger partial charge in [0.2, 0.25) is 0 Å². The van der Waals surface area contributed by atoms with Gasteiger partial charge in [-0.15, -0.1) is 11.8 Å². The third-order valence-corrected chi connectivity index (χ3v) is 4.08. The molecule has 0 spiro atoms. The van der Waals surface area contributed by atoms with Gasteiger partial charge in [-0.3, -0.25) is 0 Å². The molecule has 0 aliphatic carbocycles. The van der Waals surface area contributed by atoms with Gasteiger partial charge in [0.1, 0.15) is 16.9 Å². The molecular weight excluding hydrogens is 349 g/mol. The summed E-state index contributed by atoms with van der Waals surface area (Å²) >= 11 is 7.06. The lowest BCUT2D eigenvalue weighted by Crippen LogP contribution is -2.07. The molecule has 9 heteroatoms. The van der Waals surface area contributed by atoms with E-state index < -0.39 is 11.7 Å². The van der Waals surface area contributed by atoms with Crippen molar-refractivity contribution < 1.29 is 13.2 Å². The quantitative estimate of drug-likeness (QED) is 0.640. The minimum absolute atomic E-state index is 0.0266. The maximum absolute atomic E-state index is 12.5. The largest absolute Gasteiger partial charge is 0.417 e. The summed E-state index contributed by atoms with van der Waals surface area (Å²) in [6.45, 7) is 0.516. The molecule has 4 nitrogen and oxygen atoms in total. The van der Waals surface area contributed by atoms with Crippen LogP contribution in [0.1, 0.15) is 11.1 Å². The zero-order valence-electron chi connectivity index (χ0n) is 11.6. The average Bonchev–Trinajstić information content (AvgIpc) is 2.52. The number of pyridine rings is 2. The van der Waals surface area contributed by atoms with Gasteiger partial charge in [-0.1, -0.05) is 11.6 Å². The number of aromatic nitrogens is 2. The second-order valence-electron chi connectivity index (χ2n) is 4.33. The maximum atomic E-state index is 12.5. The third-order valence-electron chi connectivity index (χ3n) is 2.67. The molecule has 1 N–H and O–H groups in total. The van der Waals surface area contributed by atoms with Crippen LogP contribution in [0.25, 0.3) is 0 Å². The van der Waals surface area contributed by atoms with Crippen LogP contribution in [0.5, 0.6) is 0 Å². The van der Waals surface area contributed by atoms with E-state index in [1.54, 1.807) is 12.1 Å². The summed E-state index contributed by atoms with van der Waals surface area (Å²) in [4.78, 5) is 7.78. The lowest BCUT2D eigenvalue weighted by molar-refractivity contribution is -0.137. The van der Waals surface area contributed by atoms with Gasteiger partial charge in [0.05, 0.1) is 16.1 Å². The van der Waals surface area contributed by atoms with E-state index >= 15 is 0 Å². The number of hydrogen-bond acceptors (Lipinski definition) is 5. The van der Waals surface area contributed by atoms with Crippen molar-refractivity contribution in [3.8, 4) is 6.07 Å². The zero-order valence-corrected chi connectivity index (χ0v) is 13.1. The fourth-order valence-corrected chi connectivity index (χ4v) is 2.63. The molecule has 0 saturated carbocycles. The second kappa shape index (κ2) is 7.53. The molecule has 2 aromatic rings. The van der Waals surface area contributed by atoms with E-state index in [-0.39, 0.29) is 5.02 Å². The topological polar surface area (TPSA) is 61.6 Å². The fraction of sp³-hybridized carbons (Fsp3) is 0.214. The van der Waals surface area contributed by atoms with Crippen molar-refractivity contribution in [2.75, 3.05) is 17.6 Å². The van der Waals surface area contributed by atoms with E-state index in [0.29, 0.717) is 28.7 Å². The molecule has 0 aromatic carbocycles. The first-order valence-electron chi connectivity index (χ1n) is 6.35. The minimum atomic E-state index is -4.46. The van der Waals surface area contributed by atoms with Crippen LogP contribution in [-0.4, -0.2) is 22.3 Å². The number of thioether (sulfide) groups is 1. The first kappa shape index (κ1) is 17.4. The Morgan fingerprint density at radius 2 is 2.04 bits per heavy atom. The second-order valence-corrected chi connectivity index (χ2v) is 5.82. The van der Waals surface area contributed by atoms with Crippen molar-refractivity contribution in [2.45, 2.75) is 11.2 Å². The lowest BCUT2D eigenvalue weighted by atomic mass is 10.3. The summed E-state index contributed by atoms with van der Waals surface area (Å²) in [7, 11) is 0. The Hall–Kier alpha value is -1.98. The van der Waals surface area contributed by atoms with Gasteiger partial charge < -0.3 is 5.32 Å².